The van der Waals surface area contributed by atoms with E-state index in [2.05, 4.69) is 18.4 Å². The number of benzene rings is 1. The molecule has 0 unspecified atom stereocenters. The Labute approximate surface area is 72.4 Å². The third-order valence-electron chi connectivity index (χ3n) is 1.31. The van der Waals surface area contributed by atoms with Gasteiger partial charge < -0.3 is 5.11 Å². The van der Waals surface area contributed by atoms with E-state index in [9.17, 15) is 5.11 Å². The molecular formula is C11H10O. The van der Waals surface area contributed by atoms with Gasteiger partial charge in [-0.05, 0) is 24.6 Å². The summed E-state index contributed by atoms with van der Waals surface area (Å²) in [7, 11) is 0. The summed E-state index contributed by atoms with van der Waals surface area (Å²) >= 11 is 0. The molecule has 1 aromatic rings. The van der Waals surface area contributed by atoms with E-state index < -0.39 is 0 Å². The SMILES string of the molecule is C=C(C)C#Cc1ccccc1O. The molecule has 0 amide bonds. The molecule has 0 aromatic heterocycles. The quantitative estimate of drug-likeness (QED) is 0.574. The van der Waals surface area contributed by atoms with Gasteiger partial charge in [-0.25, -0.2) is 0 Å². The molecule has 0 aliphatic carbocycles. The third-order valence-corrected chi connectivity index (χ3v) is 1.31. The molecule has 0 saturated carbocycles. The largest absolute Gasteiger partial charge is 0.507 e. The molecule has 0 fully saturated rings. The lowest BCUT2D eigenvalue weighted by molar-refractivity contribution is 0.473. The standard InChI is InChI=1S/C11H10O/c1-9(2)7-8-10-5-3-4-6-11(10)12/h3-6,12H,1H2,2H3. The Morgan fingerprint density at radius 1 is 1.42 bits per heavy atom. The number of hydrogen-bond donors (Lipinski definition) is 1. The van der Waals surface area contributed by atoms with Crippen molar-refractivity contribution in [3.63, 3.8) is 0 Å². The topological polar surface area (TPSA) is 20.2 Å². The van der Waals surface area contributed by atoms with Crippen LogP contribution in [0.4, 0.5) is 0 Å². The van der Waals surface area contributed by atoms with Crippen molar-refractivity contribution in [2.24, 2.45) is 0 Å². The highest BCUT2D eigenvalue weighted by Gasteiger charge is 1.92. The Morgan fingerprint density at radius 3 is 2.67 bits per heavy atom. The number of para-hydroxylation sites is 1. The summed E-state index contributed by atoms with van der Waals surface area (Å²) in [5.74, 6) is 5.83. The van der Waals surface area contributed by atoms with Gasteiger partial charge in [-0.3, -0.25) is 0 Å². The number of aromatic hydroxyl groups is 1. The van der Waals surface area contributed by atoms with Gasteiger partial charge in [0.1, 0.15) is 5.75 Å². The van der Waals surface area contributed by atoms with Gasteiger partial charge in [-0.1, -0.05) is 30.6 Å². The van der Waals surface area contributed by atoms with E-state index in [0.29, 0.717) is 5.56 Å². The second kappa shape index (κ2) is 3.64. The monoisotopic (exact) mass is 158 g/mol. The molecule has 12 heavy (non-hydrogen) atoms. The summed E-state index contributed by atoms with van der Waals surface area (Å²) in [6.07, 6.45) is 0. The average molecular weight is 158 g/mol. The van der Waals surface area contributed by atoms with E-state index in [1.165, 1.54) is 0 Å². The summed E-state index contributed by atoms with van der Waals surface area (Å²) in [4.78, 5) is 0. The molecule has 0 spiro atoms. The smallest absolute Gasteiger partial charge is 0.131 e. The Kier molecular flexibility index (Phi) is 2.55. The van der Waals surface area contributed by atoms with Gasteiger partial charge in [0.25, 0.3) is 0 Å². The number of hydrogen-bond acceptors (Lipinski definition) is 1. The van der Waals surface area contributed by atoms with E-state index in [0.717, 1.165) is 5.57 Å². The van der Waals surface area contributed by atoms with Crippen molar-refractivity contribution in [1.29, 1.82) is 0 Å². The van der Waals surface area contributed by atoms with Crippen molar-refractivity contribution < 1.29 is 5.11 Å². The van der Waals surface area contributed by atoms with Crippen molar-refractivity contribution in [2.75, 3.05) is 0 Å². The Bertz CT molecular complexity index is 353. The molecular weight excluding hydrogens is 148 g/mol. The normalized spacial score (nSPS) is 8.42. The van der Waals surface area contributed by atoms with Crippen LogP contribution in [-0.2, 0) is 0 Å². The summed E-state index contributed by atoms with van der Waals surface area (Å²) in [5, 5.41) is 9.29. The van der Waals surface area contributed by atoms with Crippen molar-refractivity contribution in [3.05, 3.63) is 42.0 Å². The zero-order valence-electron chi connectivity index (χ0n) is 6.96. The maximum atomic E-state index is 9.29. The van der Waals surface area contributed by atoms with E-state index in [4.69, 9.17) is 0 Å². The van der Waals surface area contributed by atoms with Gasteiger partial charge in [0.2, 0.25) is 0 Å². The summed E-state index contributed by atoms with van der Waals surface area (Å²) in [6.45, 7) is 5.47. The van der Waals surface area contributed by atoms with Crippen LogP contribution >= 0.6 is 0 Å². The fourth-order valence-electron chi connectivity index (χ4n) is 0.753. The van der Waals surface area contributed by atoms with E-state index in [1.54, 1.807) is 18.2 Å². The molecule has 60 valence electrons. The van der Waals surface area contributed by atoms with Gasteiger partial charge in [-0.15, -0.1) is 0 Å². The molecule has 0 aliphatic rings. The van der Waals surface area contributed by atoms with E-state index in [1.807, 2.05) is 13.0 Å². The van der Waals surface area contributed by atoms with E-state index >= 15 is 0 Å². The molecule has 0 saturated heterocycles. The Hall–Kier alpha value is -1.68. The maximum Gasteiger partial charge on any atom is 0.131 e. The van der Waals surface area contributed by atoms with Gasteiger partial charge in [0, 0.05) is 0 Å². The van der Waals surface area contributed by atoms with Gasteiger partial charge >= 0.3 is 0 Å². The molecule has 1 nitrogen and oxygen atoms in total. The Balaban J connectivity index is 2.99. The van der Waals surface area contributed by atoms with Crippen molar-refractivity contribution in [1.82, 2.24) is 0 Å². The van der Waals surface area contributed by atoms with Crippen LogP contribution in [0.15, 0.2) is 36.4 Å². The highest BCUT2D eigenvalue weighted by Crippen LogP contribution is 2.13. The minimum absolute atomic E-state index is 0.214. The molecule has 1 N–H and O–H groups in total. The zero-order chi connectivity index (χ0) is 8.97. The molecule has 0 radical (unpaired) electrons. The molecule has 0 bridgehead atoms. The maximum absolute atomic E-state index is 9.29. The first-order chi connectivity index (χ1) is 5.70. The number of allylic oxidation sites excluding steroid dienone is 1. The van der Waals surface area contributed by atoms with Crippen LogP contribution in [0.2, 0.25) is 0 Å². The average Bonchev–Trinajstić information content (AvgIpc) is 2.03. The number of phenols is 1. The first-order valence-corrected chi connectivity index (χ1v) is 3.65. The number of rotatable bonds is 0. The lowest BCUT2D eigenvalue weighted by Gasteiger charge is -1.93. The second-order valence-electron chi connectivity index (χ2n) is 2.55. The summed E-state index contributed by atoms with van der Waals surface area (Å²) < 4.78 is 0. The lowest BCUT2D eigenvalue weighted by Crippen LogP contribution is -1.74. The third kappa shape index (κ3) is 2.17. The predicted octanol–water partition coefficient (Wildman–Crippen LogP) is 2.32. The molecule has 1 aromatic carbocycles. The van der Waals surface area contributed by atoms with Crippen LogP contribution in [0.25, 0.3) is 0 Å². The van der Waals surface area contributed by atoms with Gasteiger partial charge in [0.15, 0.2) is 0 Å². The molecule has 1 heteroatoms. The van der Waals surface area contributed by atoms with Crippen LogP contribution in [0, 0.1) is 11.8 Å². The first-order valence-electron chi connectivity index (χ1n) is 3.65. The van der Waals surface area contributed by atoms with Gasteiger partial charge in [0.05, 0.1) is 5.56 Å². The predicted molar refractivity (Wildman–Crippen MR) is 49.8 cm³/mol. The van der Waals surface area contributed by atoms with Crippen molar-refractivity contribution in [2.45, 2.75) is 6.92 Å². The fourth-order valence-corrected chi connectivity index (χ4v) is 0.753. The van der Waals surface area contributed by atoms with Crippen molar-refractivity contribution in [3.8, 4) is 17.6 Å². The van der Waals surface area contributed by atoms with Crippen LogP contribution in [0.3, 0.4) is 0 Å². The number of phenolic OH excluding ortho intramolecular Hbond substituents is 1. The van der Waals surface area contributed by atoms with Crippen LogP contribution in [0.5, 0.6) is 5.75 Å². The lowest BCUT2D eigenvalue weighted by atomic mass is 10.2. The summed E-state index contributed by atoms with van der Waals surface area (Å²) in [5.41, 5.74) is 1.43. The van der Waals surface area contributed by atoms with Crippen LogP contribution in [-0.4, -0.2) is 5.11 Å². The first kappa shape index (κ1) is 8.42. The highest BCUT2D eigenvalue weighted by atomic mass is 16.3. The molecule has 0 heterocycles. The van der Waals surface area contributed by atoms with Crippen molar-refractivity contribution >= 4 is 0 Å². The molecule has 1 rings (SSSR count). The fraction of sp³-hybridized carbons (Fsp3) is 0.0909. The molecule has 0 aliphatic heterocycles. The minimum Gasteiger partial charge on any atom is -0.507 e. The van der Waals surface area contributed by atoms with Crippen LogP contribution < -0.4 is 0 Å². The zero-order valence-corrected chi connectivity index (χ0v) is 6.96. The van der Waals surface area contributed by atoms with E-state index in [-0.39, 0.29) is 5.75 Å². The second-order valence-corrected chi connectivity index (χ2v) is 2.55. The van der Waals surface area contributed by atoms with Crippen LogP contribution in [0.1, 0.15) is 12.5 Å². The highest BCUT2D eigenvalue weighted by molar-refractivity contribution is 5.47. The minimum atomic E-state index is 0.214. The van der Waals surface area contributed by atoms with Gasteiger partial charge in [-0.2, -0.15) is 0 Å². The molecule has 0 atom stereocenters. The summed E-state index contributed by atoms with van der Waals surface area (Å²) in [6, 6.07) is 6.98. The Morgan fingerprint density at radius 2 is 2.08 bits per heavy atom.